The number of nitrogens with one attached hydrogen (secondary N) is 1. The number of hydrogen-bond donors (Lipinski definition) is 1. The normalized spacial score (nSPS) is 13.0. The van der Waals surface area contributed by atoms with Crippen molar-refractivity contribution >= 4 is 29.8 Å². The number of benzene rings is 1. The Morgan fingerprint density at radius 2 is 1.80 bits per heavy atom. The van der Waals surface area contributed by atoms with E-state index in [1.54, 1.807) is 0 Å². The molecule has 164 valence electrons. The molecule has 2 aromatic rings. The molecule has 0 saturated carbocycles. The molecule has 0 bridgehead atoms. The van der Waals surface area contributed by atoms with Gasteiger partial charge in [0.2, 0.25) is 0 Å². The van der Waals surface area contributed by atoms with Gasteiger partial charge in [0.1, 0.15) is 11.6 Å². The van der Waals surface area contributed by atoms with Crippen LogP contribution in [0.5, 0.6) is 5.75 Å². The monoisotopic (exact) mass is 460 g/mol. The molecule has 0 amide bonds. The molecule has 2 unspecified atom stereocenters. The summed E-state index contributed by atoms with van der Waals surface area (Å²) in [6.45, 7) is 5.15. The van der Waals surface area contributed by atoms with E-state index >= 15 is 0 Å². The van der Waals surface area contributed by atoms with Crippen molar-refractivity contribution in [2.75, 3.05) is 0 Å². The molecule has 0 spiro atoms. The summed E-state index contributed by atoms with van der Waals surface area (Å²) in [5, 5.41) is -0.153. The van der Waals surface area contributed by atoms with Gasteiger partial charge in [-0.1, -0.05) is 18.5 Å². The number of halogens is 2. The van der Waals surface area contributed by atoms with Crippen LogP contribution >= 0.6 is 23.8 Å². The highest BCUT2D eigenvalue weighted by molar-refractivity contribution is 7.71. The molecule has 0 aliphatic heterocycles. The summed E-state index contributed by atoms with van der Waals surface area (Å²) in [6, 6.07) is 1.89. The molecule has 0 radical (unpaired) electrons. The van der Waals surface area contributed by atoms with Crippen molar-refractivity contribution in [3.63, 3.8) is 0 Å². The molecule has 9 nitrogen and oxygen atoms in total. The number of ether oxygens (including phenoxy) is 1. The largest absolute Gasteiger partial charge is 0.477 e. The first kappa shape index (κ1) is 23.8. The lowest BCUT2D eigenvalue weighted by atomic mass is 10.2. The fourth-order valence-corrected chi connectivity index (χ4v) is 2.67. The predicted molar refractivity (Wildman–Crippen MR) is 111 cm³/mol. The molecule has 2 atom stereocenters. The molecule has 1 aromatic carbocycles. The summed E-state index contributed by atoms with van der Waals surface area (Å²) in [5.41, 5.74) is 0.475. The standard InChI is InChI=1S/C18H22ClFN4O5S/c1-6-9(2)21-29-15(25)10(3)28-14-8-13(12(20)7-11(14)19)24-16(26)22(4)18(30)23(5)17(24)27/h7-10,21H,6H2,1-5H3. The van der Waals surface area contributed by atoms with Crippen molar-refractivity contribution in [3.05, 3.63) is 48.7 Å². The Labute approximate surface area is 181 Å². The number of aromatic nitrogens is 3. The third-order valence-electron chi connectivity index (χ3n) is 4.38. The maximum atomic E-state index is 14.6. The van der Waals surface area contributed by atoms with Gasteiger partial charge in [0, 0.05) is 26.2 Å². The third kappa shape index (κ3) is 4.79. The van der Waals surface area contributed by atoms with Crippen molar-refractivity contribution in [2.24, 2.45) is 14.1 Å². The second-order valence-corrected chi connectivity index (χ2v) is 7.42. The summed E-state index contributed by atoms with van der Waals surface area (Å²) in [6.07, 6.45) is -0.372. The first-order valence-electron chi connectivity index (χ1n) is 9.00. The summed E-state index contributed by atoms with van der Waals surface area (Å²) in [5.74, 6) is -1.77. The molecule has 0 saturated heterocycles. The van der Waals surface area contributed by atoms with Gasteiger partial charge in [-0.3, -0.25) is 9.13 Å². The van der Waals surface area contributed by atoms with Crippen LogP contribution in [0.4, 0.5) is 4.39 Å². The van der Waals surface area contributed by atoms with E-state index < -0.39 is 35.0 Å². The van der Waals surface area contributed by atoms with Gasteiger partial charge in [0.05, 0.1) is 10.7 Å². The smallest absolute Gasteiger partial charge is 0.365 e. The molecular formula is C18H22ClFN4O5S. The van der Waals surface area contributed by atoms with Crippen molar-refractivity contribution in [2.45, 2.75) is 39.3 Å². The Bertz CT molecular complexity index is 1100. The van der Waals surface area contributed by atoms with Gasteiger partial charge in [-0.05, 0) is 38.6 Å². The minimum atomic E-state index is -1.11. The summed E-state index contributed by atoms with van der Waals surface area (Å²) in [4.78, 5) is 42.1. The predicted octanol–water partition coefficient (Wildman–Crippen LogP) is 2.01. The lowest BCUT2D eigenvalue weighted by Gasteiger charge is -2.18. The Balaban J connectivity index is 2.46. The summed E-state index contributed by atoms with van der Waals surface area (Å²) in [7, 11) is 2.71. The van der Waals surface area contributed by atoms with Crippen molar-refractivity contribution < 1.29 is 18.8 Å². The summed E-state index contributed by atoms with van der Waals surface area (Å²) >= 11 is 11.0. The van der Waals surface area contributed by atoms with Crippen LogP contribution in [0.2, 0.25) is 5.02 Å². The molecule has 30 heavy (non-hydrogen) atoms. The molecule has 0 aliphatic rings. The molecule has 1 N–H and O–H groups in total. The van der Waals surface area contributed by atoms with Crippen molar-refractivity contribution in [1.29, 1.82) is 0 Å². The lowest BCUT2D eigenvalue weighted by molar-refractivity contribution is -0.160. The molecule has 1 heterocycles. The zero-order valence-corrected chi connectivity index (χ0v) is 18.6. The topological polar surface area (TPSA) is 96.5 Å². The average molecular weight is 461 g/mol. The van der Waals surface area contributed by atoms with Gasteiger partial charge in [-0.15, -0.1) is 0 Å². The van der Waals surface area contributed by atoms with E-state index in [2.05, 4.69) is 5.48 Å². The maximum absolute atomic E-state index is 14.6. The van der Waals surface area contributed by atoms with Crippen LogP contribution < -0.4 is 21.6 Å². The molecular weight excluding hydrogens is 439 g/mol. The van der Waals surface area contributed by atoms with Gasteiger partial charge in [0.25, 0.3) is 0 Å². The minimum absolute atomic E-state index is 0.0303. The van der Waals surface area contributed by atoms with Crippen LogP contribution in [0.3, 0.4) is 0 Å². The number of nitrogens with zero attached hydrogens (tertiary/aromatic N) is 3. The fraction of sp³-hybridized carbons (Fsp3) is 0.444. The van der Waals surface area contributed by atoms with E-state index in [-0.39, 0.29) is 21.6 Å². The van der Waals surface area contributed by atoms with Gasteiger partial charge < -0.3 is 9.57 Å². The van der Waals surface area contributed by atoms with E-state index in [1.165, 1.54) is 21.0 Å². The molecule has 0 fully saturated rings. The first-order valence-corrected chi connectivity index (χ1v) is 9.79. The minimum Gasteiger partial charge on any atom is -0.477 e. The van der Waals surface area contributed by atoms with E-state index in [0.29, 0.717) is 4.57 Å². The molecule has 1 aromatic heterocycles. The Morgan fingerprint density at radius 3 is 2.33 bits per heavy atom. The Hall–Kier alpha value is -2.50. The van der Waals surface area contributed by atoms with Crippen LogP contribution in [0.25, 0.3) is 5.69 Å². The number of carbonyl (C=O) groups excluding carboxylic acids is 1. The Kier molecular flexibility index (Phi) is 7.56. The molecule has 12 heteroatoms. The second kappa shape index (κ2) is 9.54. The number of carbonyl (C=O) groups is 1. The second-order valence-electron chi connectivity index (χ2n) is 6.64. The highest BCUT2D eigenvalue weighted by Gasteiger charge is 2.22. The quantitative estimate of drug-likeness (QED) is 0.498. The Morgan fingerprint density at radius 1 is 1.23 bits per heavy atom. The summed E-state index contributed by atoms with van der Waals surface area (Å²) < 4.78 is 22.7. The van der Waals surface area contributed by atoms with E-state index in [0.717, 1.165) is 27.7 Å². The zero-order valence-electron chi connectivity index (χ0n) is 17.1. The van der Waals surface area contributed by atoms with E-state index in [9.17, 15) is 18.8 Å². The number of hydroxylamine groups is 1. The van der Waals surface area contributed by atoms with Crippen LogP contribution in [-0.2, 0) is 23.7 Å². The van der Waals surface area contributed by atoms with Crippen LogP contribution in [0.1, 0.15) is 27.2 Å². The highest BCUT2D eigenvalue weighted by atomic mass is 35.5. The SMILES string of the molecule is CCC(C)NOC(=O)C(C)Oc1cc(-n2c(=O)n(C)c(=S)n(C)c2=O)c(F)cc1Cl. The molecule has 0 aliphatic carbocycles. The van der Waals surface area contributed by atoms with Crippen LogP contribution in [0, 0.1) is 10.6 Å². The average Bonchev–Trinajstić information content (AvgIpc) is 2.71. The first-order chi connectivity index (χ1) is 14.0. The van der Waals surface area contributed by atoms with Crippen molar-refractivity contribution in [1.82, 2.24) is 19.2 Å². The van der Waals surface area contributed by atoms with Gasteiger partial charge >= 0.3 is 17.3 Å². The zero-order chi connectivity index (χ0) is 22.7. The lowest BCUT2D eigenvalue weighted by Crippen LogP contribution is -2.43. The molecule has 2 rings (SSSR count). The maximum Gasteiger partial charge on any atom is 0.365 e. The fourth-order valence-electron chi connectivity index (χ4n) is 2.32. The van der Waals surface area contributed by atoms with Gasteiger partial charge in [0.15, 0.2) is 10.9 Å². The van der Waals surface area contributed by atoms with E-state index in [1.807, 2.05) is 13.8 Å². The third-order valence-corrected chi connectivity index (χ3v) is 5.22. The van der Waals surface area contributed by atoms with Gasteiger partial charge in [-0.25, -0.2) is 23.3 Å². The van der Waals surface area contributed by atoms with Crippen LogP contribution in [0.15, 0.2) is 21.7 Å². The van der Waals surface area contributed by atoms with E-state index in [4.69, 9.17) is 33.4 Å². The van der Waals surface area contributed by atoms with Gasteiger partial charge in [-0.2, -0.15) is 5.48 Å². The van der Waals surface area contributed by atoms with Crippen LogP contribution in [-0.4, -0.2) is 31.8 Å². The number of rotatable bonds is 7. The van der Waals surface area contributed by atoms with Crippen molar-refractivity contribution in [3.8, 4) is 11.4 Å². The highest BCUT2D eigenvalue weighted by Crippen LogP contribution is 2.29. The number of hydrogen-bond acceptors (Lipinski definition) is 7.